The fourth-order valence-electron chi connectivity index (χ4n) is 4.33. The zero-order valence-corrected chi connectivity index (χ0v) is 21.5. The van der Waals surface area contributed by atoms with Crippen molar-refractivity contribution in [2.75, 3.05) is 26.2 Å². The molecule has 182 valence electrons. The molecular weight excluding hydrogens is 456 g/mol. The second kappa shape index (κ2) is 11.3. The Bertz CT molecular complexity index is 1190. The lowest BCUT2D eigenvalue weighted by Gasteiger charge is -2.40. The van der Waals surface area contributed by atoms with Gasteiger partial charge in [0.15, 0.2) is 0 Å². The van der Waals surface area contributed by atoms with Gasteiger partial charge in [0.1, 0.15) is 18.1 Å². The summed E-state index contributed by atoms with van der Waals surface area (Å²) in [5, 5.41) is 11.4. The Morgan fingerprint density at radius 3 is 2.37 bits per heavy atom. The van der Waals surface area contributed by atoms with E-state index in [0.717, 1.165) is 71.2 Å². The van der Waals surface area contributed by atoms with E-state index < -0.39 is 5.60 Å². The van der Waals surface area contributed by atoms with Crippen LogP contribution in [0.3, 0.4) is 0 Å². The van der Waals surface area contributed by atoms with Crippen LogP contribution in [0.2, 0.25) is 5.02 Å². The molecule has 3 aromatic rings. The minimum Gasteiger partial charge on any atom is -0.492 e. The van der Waals surface area contributed by atoms with Crippen molar-refractivity contribution < 1.29 is 9.84 Å². The lowest BCUT2D eigenvalue weighted by atomic mass is 9.81. The van der Waals surface area contributed by atoms with Crippen LogP contribution in [0, 0.1) is 24.7 Å². The molecule has 0 radical (unpaired) electrons. The van der Waals surface area contributed by atoms with E-state index in [-0.39, 0.29) is 0 Å². The molecule has 0 aliphatic carbocycles. The van der Waals surface area contributed by atoms with Gasteiger partial charge in [-0.05, 0) is 79.1 Å². The molecule has 4 rings (SSSR count). The number of hydrogen-bond acceptors (Lipinski definition) is 4. The maximum Gasteiger partial charge on any atom is 0.122 e. The van der Waals surface area contributed by atoms with Gasteiger partial charge in [-0.25, -0.2) is 4.98 Å². The highest BCUT2D eigenvalue weighted by Gasteiger charge is 2.34. The Labute approximate surface area is 213 Å². The summed E-state index contributed by atoms with van der Waals surface area (Å²) in [6.07, 6.45) is 3.49. The summed E-state index contributed by atoms with van der Waals surface area (Å²) >= 11 is 5.97. The summed E-state index contributed by atoms with van der Waals surface area (Å²) in [7, 11) is 0. The smallest absolute Gasteiger partial charge is 0.122 e. The second-order valence-corrected chi connectivity index (χ2v) is 10.1. The molecule has 0 unspecified atom stereocenters. The summed E-state index contributed by atoms with van der Waals surface area (Å²) in [6.45, 7) is 9.59. The number of pyridine rings is 1. The SMILES string of the molecule is Cc1cc(C#Cc2ccc(-c3ccc(Cl)cc3)cn2)ccc1OCCN1CCC(O)(C(C)C)CC1. The van der Waals surface area contributed by atoms with E-state index in [0.29, 0.717) is 12.5 Å². The number of rotatable bonds is 6. The fourth-order valence-corrected chi connectivity index (χ4v) is 4.46. The maximum absolute atomic E-state index is 10.6. The topological polar surface area (TPSA) is 45.6 Å². The molecule has 0 spiro atoms. The molecule has 2 aromatic carbocycles. The van der Waals surface area contributed by atoms with Crippen LogP contribution in [0.1, 0.15) is 43.5 Å². The van der Waals surface area contributed by atoms with Gasteiger partial charge in [0.2, 0.25) is 0 Å². The van der Waals surface area contributed by atoms with Crippen molar-refractivity contribution in [2.45, 2.75) is 39.2 Å². The summed E-state index contributed by atoms with van der Waals surface area (Å²) in [5.74, 6) is 7.54. The number of aliphatic hydroxyl groups is 1. The molecule has 1 N–H and O–H groups in total. The van der Waals surface area contributed by atoms with E-state index in [9.17, 15) is 5.11 Å². The van der Waals surface area contributed by atoms with Crippen LogP contribution in [0.5, 0.6) is 5.75 Å². The largest absolute Gasteiger partial charge is 0.492 e. The average molecular weight is 489 g/mol. The van der Waals surface area contributed by atoms with Crippen molar-refractivity contribution in [2.24, 2.45) is 5.92 Å². The zero-order chi connectivity index (χ0) is 24.8. The lowest BCUT2D eigenvalue weighted by molar-refractivity contribution is -0.0576. The first-order chi connectivity index (χ1) is 16.8. The molecule has 4 nitrogen and oxygen atoms in total. The van der Waals surface area contributed by atoms with Crippen LogP contribution in [0.4, 0.5) is 0 Å². The summed E-state index contributed by atoms with van der Waals surface area (Å²) in [6, 6.07) is 17.7. The summed E-state index contributed by atoms with van der Waals surface area (Å²) in [5.41, 5.74) is 4.32. The molecule has 0 amide bonds. The highest BCUT2D eigenvalue weighted by Crippen LogP contribution is 2.29. The average Bonchev–Trinajstić information content (AvgIpc) is 2.86. The van der Waals surface area contributed by atoms with Crippen LogP contribution < -0.4 is 4.74 Å². The predicted octanol–water partition coefficient (Wildman–Crippen LogP) is 5.97. The second-order valence-electron chi connectivity index (χ2n) is 9.62. The molecule has 1 saturated heterocycles. The van der Waals surface area contributed by atoms with Gasteiger partial charge in [0.05, 0.1) is 5.60 Å². The molecule has 1 aromatic heterocycles. The van der Waals surface area contributed by atoms with Crippen molar-refractivity contribution in [1.82, 2.24) is 9.88 Å². The fraction of sp³-hybridized carbons (Fsp3) is 0.367. The maximum atomic E-state index is 10.6. The third kappa shape index (κ3) is 6.64. The third-order valence-electron chi connectivity index (χ3n) is 6.91. The molecule has 1 aliphatic heterocycles. The van der Waals surface area contributed by atoms with Crippen molar-refractivity contribution in [3.63, 3.8) is 0 Å². The summed E-state index contributed by atoms with van der Waals surface area (Å²) < 4.78 is 6.05. The van der Waals surface area contributed by atoms with E-state index in [4.69, 9.17) is 16.3 Å². The molecule has 1 fully saturated rings. The number of likely N-dealkylation sites (tertiary alicyclic amines) is 1. The van der Waals surface area contributed by atoms with Crippen molar-refractivity contribution in [1.29, 1.82) is 0 Å². The normalized spacial score (nSPS) is 15.5. The Hall–Kier alpha value is -2.84. The predicted molar refractivity (Wildman–Crippen MR) is 143 cm³/mol. The highest BCUT2D eigenvalue weighted by molar-refractivity contribution is 6.30. The van der Waals surface area contributed by atoms with Crippen molar-refractivity contribution >= 4 is 11.6 Å². The lowest BCUT2D eigenvalue weighted by Crippen LogP contribution is -2.48. The molecule has 2 heterocycles. The van der Waals surface area contributed by atoms with Crippen LogP contribution in [0.25, 0.3) is 11.1 Å². The number of aromatic nitrogens is 1. The van der Waals surface area contributed by atoms with Gasteiger partial charge in [-0.3, -0.25) is 4.90 Å². The van der Waals surface area contributed by atoms with Gasteiger partial charge in [0, 0.05) is 42.0 Å². The van der Waals surface area contributed by atoms with Gasteiger partial charge in [-0.2, -0.15) is 0 Å². The quantitative estimate of drug-likeness (QED) is 0.434. The molecule has 0 saturated carbocycles. The van der Waals surface area contributed by atoms with Crippen LogP contribution >= 0.6 is 11.6 Å². The standard InChI is InChI=1S/C30H33ClN2O2/c1-22(2)30(34)14-16-33(17-15-30)18-19-35-29-13-5-24(20-23(29)3)4-11-28-12-8-26(21-32-28)25-6-9-27(31)10-7-25/h5-10,12-13,20-22,34H,14-19H2,1-3H3. The number of nitrogens with zero attached hydrogens (tertiary/aromatic N) is 2. The van der Waals surface area contributed by atoms with Gasteiger partial charge < -0.3 is 9.84 Å². The molecule has 0 atom stereocenters. The molecule has 35 heavy (non-hydrogen) atoms. The number of ether oxygens (including phenoxy) is 1. The van der Waals surface area contributed by atoms with Gasteiger partial charge in [0.25, 0.3) is 0 Å². The van der Waals surface area contributed by atoms with Gasteiger partial charge >= 0.3 is 0 Å². The first-order valence-electron chi connectivity index (χ1n) is 12.2. The van der Waals surface area contributed by atoms with E-state index in [2.05, 4.69) is 35.6 Å². The molecular formula is C30H33ClN2O2. The monoisotopic (exact) mass is 488 g/mol. The number of benzene rings is 2. The minimum absolute atomic E-state index is 0.301. The Kier molecular flexibility index (Phi) is 8.13. The highest BCUT2D eigenvalue weighted by atomic mass is 35.5. The summed E-state index contributed by atoms with van der Waals surface area (Å²) in [4.78, 5) is 6.86. The minimum atomic E-state index is -0.515. The molecule has 5 heteroatoms. The first kappa shape index (κ1) is 25.3. The Morgan fingerprint density at radius 2 is 1.74 bits per heavy atom. The van der Waals surface area contributed by atoms with E-state index in [1.165, 1.54) is 0 Å². The molecule has 0 bridgehead atoms. The van der Waals surface area contributed by atoms with Crippen LogP contribution in [-0.2, 0) is 0 Å². The van der Waals surface area contributed by atoms with Gasteiger partial charge in [-0.15, -0.1) is 0 Å². The number of halogens is 1. The number of hydrogen-bond donors (Lipinski definition) is 1. The molecule has 1 aliphatic rings. The Balaban J connectivity index is 1.29. The Morgan fingerprint density at radius 1 is 1.03 bits per heavy atom. The van der Waals surface area contributed by atoms with Crippen LogP contribution in [0.15, 0.2) is 60.8 Å². The third-order valence-corrected chi connectivity index (χ3v) is 7.16. The van der Waals surface area contributed by atoms with Crippen LogP contribution in [-0.4, -0.2) is 46.8 Å². The first-order valence-corrected chi connectivity index (χ1v) is 12.6. The van der Waals surface area contributed by atoms with Crippen molar-refractivity contribution in [3.8, 4) is 28.7 Å². The van der Waals surface area contributed by atoms with E-state index >= 15 is 0 Å². The van der Waals surface area contributed by atoms with Gasteiger partial charge in [-0.1, -0.05) is 49.6 Å². The number of aryl methyl sites for hydroxylation is 1. The van der Waals surface area contributed by atoms with Crippen molar-refractivity contribution in [3.05, 3.63) is 82.6 Å². The van der Waals surface area contributed by atoms with E-state index in [1.807, 2.05) is 67.7 Å². The van der Waals surface area contributed by atoms with E-state index in [1.54, 1.807) is 0 Å². The number of piperidine rings is 1. The zero-order valence-electron chi connectivity index (χ0n) is 20.7.